The van der Waals surface area contributed by atoms with Gasteiger partial charge in [0, 0.05) is 17.4 Å². The number of para-hydroxylation sites is 1. The molecule has 2 aromatic rings. The molecule has 6 nitrogen and oxygen atoms in total. The zero-order chi connectivity index (χ0) is 14.4. The summed E-state index contributed by atoms with van der Waals surface area (Å²) < 4.78 is 7.44. The number of benzene rings is 1. The van der Waals surface area contributed by atoms with Gasteiger partial charge in [0.2, 0.25) is 0 Å². The third kappa shape index (κ3) is 2.07. The number of fused-ring (bicyclic) bond motifs is 1. The molecule has 0 spiro atoms. The lowest BCUT2D eigenvalue weighted by Gasteiger charge is -2.11. The Kier molecular flexibility index (Phi) is 2.70. The van der Waals surface area contributed by atoms with Crippen molar-refractivity contribution < 1.29 is 14.6 Å². The molecule has 6 heteroatoms. The molecule has 1 fully saturated rings. The molecule has 1 aliphatic carbocycles. The summed E-state index contributed by atoms with van der Waals surface area (Å²) in [6, 6.07) is 7.96. The van der Waals surface area contributed by atoms with E-state index in [9.17, 15) is 9.90 Å². The summed E-state index contributed by atoms with van der Waals surface area (Å²) in [4.78, 5) is 11.3. The summed E-state index contributed by atoms with van der Waals surface area (Å²) in [5.41, 5.74) is 2.03. The number of hydrogen-bond donors (Lipinski definition) is 1. The maximum absolute atomic E-state index is 11.3. The molecule has 108 valence electrons. The van der Waals surface area contributed by atoms with E-state index in [1.165, 1.54) is 0 Å². The average molecular weight is 285 g/mol. The summed E-state index contributed by atoms with van der Waals surface area (Å²) in [7, 11) is 0. The van der Waals surface area contributed by atoms with E-state index >= 15 is 0 Å². The number of carboxylic acids is 1. The predicted molar refractivity (Wildman–Crippen MR) is 73.6 cm³/mol. The number of nitrogens with zero attached hydrogens (tertiary/aromatic N) is 3. The first-order valence-electron chi connectivity index (χ1n) is 7.12. The Balaban J connectivity index is 1.65. The van der Waals surface area contributed by atoms with Gasteiger partial charge in [-0.05, 0) is 18.9 Å². The van der Waals surface area contributed by atoms with Crippen molar-refractivity contribution in [3.8, 4) is 5.75 Å². The van der Waals surface area contributed by atoms with Gasteiger partial charge in [-0.15, -0.1) is 5.10 Å². The number of aromatic carboxylic acids is 1. The SMILES string of the molecule is O=C(O)c1nnn(CC2COc3ccccc32)c1C1CC1. The van der Waals surface area contributed by atoms with Gasteiger partial charge in [0.25, 0.3) is 0 Å². The second-order valence-corrected chi connectivity index (χ2v) is 5.63. The van der Waals surface area contributed by atoms with Gasteiger partial charge >= 0.3 is 5.97 Å². The van der Waals surface area contributed by atoms with Crippen molar-refractivity contribution >= 4 is 5.97 Å². The Morgan fingerprint density at radius 3 is 2.95 bits per heavy atom. The first-order valence-corrected chi connectivity index (χ1v) is 7.12. The Hall–Kier alpha value is -2.37. The smallest absolute Gasteiger partial charge is 0.358 e. The van der Waals surface area contributed by atoms with Crippen LogP contribution in [0.15, 0.2) is 24.3 Å². The first kappa shape index (κ1) is 12.4. The maximum Gasteiger partial charge on any atom is 0.358 e. The van der Waals surface area contributed by atoms with Gasteiger partial charge < -0.3 is 9.84 Å². The van der Waals surface area contributed by atoms with Crippen LogP contribution in [-0.4, -0.2) is 32.7 Å². The van der Waals surface area contributed by atoms with Crippen LogP contribution in [0.4, 0.5) is 0 Å². The zero-order valence-corrected chi connectivity index (χ0v) is 11.4. The molecule has 21 heavy (non-hydrogen) atoms. The van der Waals surface area contributed by atoms with Crippen molar-refractivity contribution in [3.63, 3.8) is 0 Å². The third-order valence-electron chi connectivity index (χ3n) is 4.13. The van der Waals surface area contributed by atoms with E-state index in [0.29, 0.717) is 19.1 Å². The predicted octanol–water partition coefficient (Wildman–Crippen LogP) is 2.03. The van der Waals surface area contributed by atoms with Crippen molar-refractivity contribution in [1.29, 1.82) is 0 Å². The van der Waals surface area contributed by atoms with Crippen molar-refractivity contribution in [2.75, 3.05) is 6.61 Å². The molecule has 0 bridgehead atoms. The maximum atomic E-state index is 11.3. The van der Waals surface area contributed by atoms with Gasteiger partial charge in [-0.2, -0.15) is 0 Å². The Labute approximate surface area is 121 Å². The highest BCUT2D eigenvalue weighted by molar-refractivity contribution is 5.86. The van der Waals surface area contributed by atoms with Crippen LogP contribution in [-0.2, 0) is 6.54 Å². The molecule has 0 saturated heterocycles. The van der Waals surface area contributed by atoms with Crippen LogP contribution in [0.25, 0.3) is 0 Å². The van der Waals surface area contributed by atoms with E-state index in [1.807, 2.05) is 18.2 Å². The lowest BCUT2D eigenvalue weighted by molar-refractivity contribution is 0.0689. The Morgan fingerprint density at radius 1 is 1.38 bits per heavy atom. The van der Waals surface area contributed by atoms with E-state index in [-0.39, 0.29) is 11.6 Å². The largest absolute Gasteiger partial charge is 0.493 e. The topological polar surface area (TPSA) is 77.2 Å². The number of carboxylic acid groups (broad SMARTS) is 1. The molecule has 1 N–H and O–H groups in total. The fraction of sp³-hybridized carbons (Fsp3) is 0.400. The summed E-state index contributed by atoms with van der Waals surface area (Å²) in [5.74, 6) is 0.408. The first-order chi connectivity index (χ1) is 10.2. The summed E-state index contributed by atoms with van der Waals surface area (Å²) >= 11 is 0. The van der Waals surface area contributed by atoms with Crippen LogP contribution in [0, 0.1) is 0 Å². The van der Waals surface area contributed by atoms with Gasteiger partial charge in [0.15, 0.2) is 5.69 Å². The van der Waals surface area contributed by atoms with E-state index in [2.05, 4.69) is 16.4 Å². The standard InChI is InChI=1S/C15H15N3O3/c19-15(20)13-14(9-5-6-9)18(17-16-13)7-10-8-21-12-4-2-1-3-11(10)12/h1-4,9-10H,5-8H2,(H,19,20). The zero-order valence-electron chi connectivity index (χ0n) is 11.4. The molecule has 1 aliphatic heterocycles. The van der Waals surface area contributed by atoms with Crippen molar-refractivity contribution in [2.45, 2.75) is 31.2 Å². The number of rotatable bonds is 4. The van der Waals surface area contributed by atoms with Crippen molar-refractivity contribution in [2.24, 2.45) is 0 Å². The fourth-order valence-corrected chi connectivity index (χ4v) is 2.96. The molecule has 1 saturated carbocycles. The number of hydrogen-bond acceptors (Lipinski definition) is 4. The molecular weight excluding hydrogens is 270 g/mol. The molecule has 1 unspecified atom stereocenters. The Bertz CT molecular complexity index is 706. The minimum atomic E-state index is -0.994. The van der Waals surface area contributed by atoms with E-state index in [1.54, 1.807) is 4.68 Å². The van der Waals surface area contributed by atoms with Crippen molar-refractivity contribution in [1.82, 2.24) is 15.0 Å². The number of ether oxygens (including phenoxy) is 1. The lowest BCUT2D eigenvalue weighted by Crippen LogP contribution is -2.15. The van der Waals surface area contributed by atoms with E-state index < -0.39 is 5.97 Å². The molecule has 1 aromatic carbocycles. The number of aromatic nitrogens is 3. The monoisotopic (exact) mass is 285 g/mol. The minimum absolute atomic E-state index is 0.102. The molecule has 1 atom stereocenters. The van der Waals surface area contributed by atoms with Crippen LogP contribution >= 0.6 is 0 Å². The van der Waals surface area contributed by atoms with E-state index in [0.717, 1.165) is 29.8 Å². The quantitative estimate of drug-likeness (QED) is 0.930. The second kappa shape index (κ2) is 4.58. The van der Waals surface area contributed by atoms with Gasteiger partial charge in [-0.25, -0.2) is 9.48 Å². The molecular formula is C15H15N3O3. The highest BCUT2D eigenvalue weighted by Gasteiger charge is 2.35. The normalized spacial score (nSPS) is 20.1. The average Bonchev–Trinajstić information content (AvgIpc) is 3.11. The Morgan fingerprint density at radius 2 is 2.19 bits per heavy atom. The van der Waals surface area contributed by atoms with Crippen LogP contribution in [0.3, 0.4) is 0 Å². The molecule has 2 aliphatic rings. The molecule has 0 amide bonds. The van der Waals surface area contributed by atoms with Crippen LogP contribution < -0.4 is 4.74 Å². The summed E-state index contributed by atoms with van der Waals surface area (Å²) in [6.45, 7) is 1.22. The third-order valence-corrected chi connectivity index (χ3v) is 4.13. The summed E-state index contributed by atoms with van der Waals surface area (Å²) in [5, 5.41) is 17.1. The van der Waals surface area contributed by atoms with Crippen molar-refractivity contribution in [3.05, 3.63) is 41.2 Å². The lowest BCUT2D eigenvalue weighted by atomic mass is 10.0. The number of carbonyl (C=O) groups is 1. The highest BCUT2D eigenvalue weighted by Crippen LogP contribution is 2.42. The van der Waals surface area contributed by atoms with Gasteiger partial charge in [-0.1, -0.05) is 23.4 Å². The van der Waals surface area contributed by atoms with Crippen LogP contribution in [0.1, 0.15) is 46.4 Å². The van der Waals surface area contributed by atoms with Gasteiger partial charge in [0.1, 0.15) is 5.75 Å². The molecule has 1 aromatic heterocycles. The van der Waals surface area contributed by atoms with Gasteiger partial charge in [0.05, 0.1) is 18.8 Å². The van der Waals surface area contributed by atoms with E-state index in [4.69, 9.17) is 4.74 Å². The second-order valence-electron chi connectivity index (χ2n) is 5.63. The van der Waals surface area contributed by atoms with Crippen LogP contribution in [0.2, 0.25) is 0 Å². The minimum Gasteiger partial charge on any atom is -0.493 e. The van der Waals surface area contributed by atoms with Gasteiger partial charge in [-0.3, -0.25) is 0 Å². The molecule has 4 rings (SSSR count). The molecule has 0 radical (unpaired) electrons. The summed E-state index contributed by atoms with van der Waals surface area (Å²) in [6.07, 6.45) is 2.04. The van der Waals surface area contributed by atoms with Crippen LogP contribution in [0.5, 0.6) is 5.75 Å². The molecule has 2 heterocycles. The fourth-order valence-electron chi connectivity index (χ4n) is 2.96. The highest BCUT2D eigenvalue weighted by atomic mass is 16.5.